The molecule has 1 aliphatic heterocycles. The number of nitrogens with one attached hydrogen (secondary N) is 1. The standard InChI is InChI=1S/C26H19ClI2N2O4/c1-14-3-6-16(7-4-14)13-35-23-21(28)10-17(11-22(23)29)9-19-24(32)30-26(34)31(25(19)33)18-8-5-15(2)20(27)12-18/h3-12H,13H2,1-2H3,(H,30,32,34)/b19-9-. The molecule has 178 valence electrons. The van der Waals surface area contributed by atoms with Crippen molar-refractivity contribution < 1.29 is 19.1 Å². The normalized spacial score (nSPS) is 14.9. The highest BCUT2D eigenvalue weighted by atomic mass is 127. The van der Waals surface area contributed by atoms with Crippen LogP contribution in [0.25, 0.3) is 6.08 Å². The quantitative estimate of drug-likeness (QED) is 0.189. The summed E-state index contributed by atoms with van der Waals surface area (Å²) in [5.41, 5.74) is 3.81. The SMILES string of the molecule is Cc1ccc(COc2c(I)cc(/C=C3/C(=O)NC(=O)N(c4ccc(C)c(Cl)c4)C3=O)cc2I)cc1. The summed E-state index contributed by atoms with van der Waals surface area (Å²) >= 11 is 10.5. The number of nitrogens with zero attached hydrogens (tertiary/aromatic N) is 1. The van der Waals surface area contributed by atoms with Crippen molar-refractivity contribution in [3.8, 4) is 5.75 Å². The summed E-state index contributed by atoms with van der Waals surface area (Å²) in [5, 5.41) is 2.65. The summed E-state index contributed by atoms with van der Waals surface area (Å²) in [4.78, 5) is 39.1. The molecule has 0 radical (unpaired) electrons. The molecule has 1 saturated heterocycles. The number of rotatable bonds is 5. The first-order valence-electron chi connectivity index (χ1n) is 10.5. The lowest BCUT2D eigenvalue weighted by Crippen LogP contribution is -2.54. The lowest BCUT2D eigenvalue weighted by molar-refractivity contribution is -0.122. The van der Waals surface area contributed by atoms with Gasteiger partial charge in [-0.25, -0.2) is 9.69 Å². The molecular formula is C26H19ClI2N2O4. The van der Waals surface area contributed by atoms with Gasteiger partial charge in [0.05, 0.1) is 12.8 Å². The number of benzene rings is 3. The van der Waals surface area contributed by atoms with E-state index in [1.54, 1.807) is 12.1 Å². The molecule has 6 nitrogen and oxygen atoms in total. The lowest BCUT2D eigenvalue weighted by atomic mass is 10.1. The van der Waals surface area contributed by atoms with Crippen LogP contribution in [0.2, 0.25) is 5.02 Å². The van der Waals surface area contributed by atoms with Gasteiger partial charge in [-0.05, 0) is 106 Å². The van der Waals surface area contributed by atoms with Crippen LogP contribution in [-0.4, -0.2) is 17.8 Å². The molecule has 4 rings (SSSR count). The van der Waals surface area contributed by atoms with Crippen LogP contribution in [-0.2, 0) is 16.2 Å². The molecule has 0 saturated carbocycles. The number of barbiturate groups is 1. The first-order valence-corrected chi connectivity index (χ1v) is 13.0. The fraction of sp³-hybridized carbons (Fsp3) is 0.115. The topological polar surface area (TPSA) is 75.7 Å². The second-order valence-corrected chi connectivity index (χ2v) is 10.7. The fourth-order valence-electron chi connectivity index (χ4n) is 3.42. The third kappa shape index (κ3) is 5.70. The van der Waals surface area contributed by atoms with Crippen molar-refractivity contribution in [1.29, 1.82) is 0 Å². The maximum atomic E-state index is 13.2. The number of aryl methyl sites for hydroxylation is 2. The van der Waals surface area contributed by atoms with Crippen molar-refractivity contribution in [2.75, 3.05) is 4.90 Å². The molecule has 1 aliphatic rings. The monoisotopic (exact) mass is 712 g/mol. The summed E-state index contributed by atoms with van der Waals surface area (Å²) in [7, 11) is 0. The number of ether oxygens (including phenoxy) is 1. The van der Waals surface area contributed by atoms with Gasteiger partial charge in [0, 0.05) is 5.02 Å². The molecule has 1 fully saturated rings. The van der Waals surface area contributed by atoms with Gasteiger partial charge in [-0.15, -0.1) is 0 Å². The Balaban J connectivity index is 1.61. The van der Waals surface area contributed by atoms with E-state index >= 15 is 0 Å². The summed E-state index contributed by atoms with van der Waals surface area (Å²) in [6.45, 7) is 4.27. The molecule has 0 bridgehead atoms. The van der Waals surface area contributed by atoms with Crippen LogP contribution in [0.3, 0.4) is 0 Å². The van der Waals surface area contributed by atoms with Gasteiger partial charge < -0.3 is 4.74 Å². The van der Waals surface area contributed by atoms with Gasteiger partial charge >= 0.3 is 6.03 Å². The first kappa shape index (κ1) is 25.6. The number of hydrogen-bond acceptors (Lipinski definition) is 4. The summed E-state index contributed by atoms with van der Waals surface area (Å²) in [5.74, 6) is -0.748. The number of anilines is 1. The van der Waals surface area contributed by atoms with Crippen LogP contribution in [0.4, 0.5) is 10.5 Å². The number of imide groups is 2. The van der Waals surface area contributed by atoms with E-state index in [-0.39, 0.29) is 11.3 Å². The third-order valence-electron chi connectivity index (χ3n) is 5.35. The molecule has 0 aliphatic carbocycles. The van der Waals surface area contributed by atoms with Crippen molar-refractivity contribution in [2.24, 2.45) is 0 Å². The van der Waals surface area contributed by atoms with E-state index in [9.17, 15) is 14.4 Å². The molecule has 3 aromatic carbocycles. The Morgan fingerprint density at radius 3 is 2.26 bits per heavy atom. The van der Waals surface area contributed by atoms with Crippen molar-refractivity contribution >= 4 is 86.4 Å². The van der Waals surface area contributed by atoms with E-state index in [2.05, 4.69) is 50.5 Å². The smallest absolute Gasteiger partial charge is 0.335 e. The summed E-state index contributed by atoms with van der Waals surface area (Å²) in [6, 6.07) is 15.8. The Hall–Kier alpha value is -2.44. The van der Waals surface area contributed by atoms with Gasteiger partial charge in [-0.1, -0.05) is 47.5 Å². The van der Waals surface area contributed by atoms with E-state index < -0.39 is 17.8 Å². The van der Waals surface area contributed by atoms with E-state index in [0.29, 0.717) is 17.2 Å². The average molecular weight is 713 g/mol. The number of amides is 4. The van der Waals surface area contributed by atoms with Crippen LogP contribution in [0.1, 0.15) is 22.3 Å². The summed E-state index contributed by atoms with van der Waals surface area (Å²) in [6.07, 6.45) is 1.47. The highest BCUT2D eigenvalue weighted by Crippen LogP contribution is 2.32. The number of halogens is 3. The number of carbonyl (C=O) groups is 3. The lowest BCUT2D eigenvalue weighted by Gasteiger charge is -2.26. The zero-order chi connectivity index (χ0) is 25.3. The first-order chi connectivity index (χ1) is 16.6. The Morgan fingerprint density at radius 2 is 1.63 bits per heavy atom. The molecule has 35 heavy (non-hydrogen) atoms. The molecular weight excluding hydrogens is 694 g/mol. The Morgan fingerprint density at radius 1 is 0.971 bits per heavy atom. The zero-order valence-corrected chi connectivity index (χ0v) is 23.8. The molecule has 0 atom stereocenters. The van der Waals surface area contributed by atoms with Crippen molar-refractivity contribution in [1.82, 2.24) is 5.32 Å². The van der Waals surface area contributed by atoms with Crippen LogP contribution in [0.15, 0.2) is 60.2 Å². The predicted octanol–water partition coefficient (Wildman–Crippen LogP) is 6.41. The van der Waals surface area contributed by atoms with Crippen LogP contribution in [0, 0.1) is 21.0 Å². The summed E-state index contributed by atoms with van der Waals surface area (Å²) < 4.78 is 7.70. The molecule has 0 unspecified atom stereocenters. The Labute approximate surface area is 235 Å². The fourth-order valence-corrected chi connectivity index (χ4v) is 5.72. The highest BCUT2D eigenvalue weighted by molar-refractivity contribution is 14.1. The second kappa shape index (κ2) is 10.7. The second-order valence-electron chi connectivity index (χ2n) is 7.98. The van der Waals surface area contributed by atoms with E-state index in [1.807, 2.05) is 50.2 Å². The number of urea groups is 1. The van der Waals surface area contributed by atoms with E-state index in [1.165, 1.54) is 17.7 Å². The molecule has 4 amide bonds. The predicted molar refractivity (Wildman–Crippen MR) is 153 cm³/mol. The van der Waals surface area contributed by atoms with Gasteiger partial charge in [0.15, 0.2) is 0 Å². The molecule has 0 aromatic heterocycles. The van der Waals surface area contributed by atoms with Crippen LogP contribution in [0.5, 0.6) is 5.75 Å². The number of hydrogen-bond donors (Lipinski definition) is 1. The number of carbonyl (C=O) groups excluding carboxylic acids is 3. The average Bonchev–Trinajstić information content (AvgIpc) is 2.79. The van der Waals surface area contributed by atoms with Gasteiger partial charge in [0.25, 0.3) is 11.8 Å². The van der Waals surface area contributed by atoms with Crippen molar-refractivity contribution in [3.63, 3.8) is 0 Å². The zero-order valence-electron chi connectivity index (χ0n) is 18.7. The molecule has 1 heterocycles. The highest BCUT2D eigenvalue weighted by Gasteiger charge is 2.37. The van der Waals surface area contributed by atoms with E-state index in [4.69, 9.17) is 16.3 Å². The Kier molecular flexibility index (Phi) is 7.82. The Bertz CT molecular complexity index is 1360. The maximum Gasteiger partial charge on any atom is 0.335 e. The minimum absolute atomic E-state index is 0.152. The minimum Gasteiger partial charge on any atom is -0.487 e. The maximum absolute atomic E-state index is 13.2. The molecule has 0 spiro atoms. The largest absolute Gasteiger partial charge is 0.487 e. The molecule has 1 N–H and O–H groups in total. The minimum atomic E-state index is -0.818. The van der Waals surface area contributed by atoms with Gasteiger partial charge in [0.2, 0.25) is 0 Å². The van der Waals surface area contributed by atoms with Gasteiger partial charge in [-0.3, -0.25) is 14.9 Å². The van der Waals surface area contributed by atoms with E-state index in [0.717, 1.165) is 28.9 Å². The van der Waals surface area contributed by atoms with Crippen molar-refractivity contribution in [2.45, 2.75) is 20.5 Å². The molecule has 9 heteroatoms. The van der Waals surface area contributed by atoms with Crippen molar-refractivity contribution in [3.05, 3.63) is 94.6 Å². The van der Waals surface area contributed by atoms with Crippen LogP contribution < -0.4 is 15.0 Å². The van der Waals surface area contributed by atoms with Crippen LogP contribution >= 0.6 is 56.8 Å². The van der Waals surface area contributed by atoms with Gasteiger partial charge in [-0.2, -0.15) is 0 Å². The van der Waals surface area contributed by atoms with Gasteiger partial charge in [0.1, 0.15) is 17.9 Å². The third-order valence-corrected chi connectivity index (χ3v) is 7.36. The molecule has 3 aromatic rings.